The minimum atomic E-state index is 0.485. The van der Waals surface area contributed by atoms with Crippen molar-refractivity contribution < 1.29 is 0 Å². The second-order valence-electron chi connectivity index (χ2n) is 3.83. The van der Waals surface area contributed by atoms with Crippen LogP contribution in [-0.2, 0) is 6.54 Å². The zero-order valence-corrected chi connectivity index (χ0v) is 9.53. The molecule has 0 aliphatic carbocycles. The first-order valence-corrected chi connectivity index (χ1v) is 5.63. The van der Waals surface area contributed by atoms with Crippen molar-refractivity contribution in [3.63, 3.8) is 0 Å². The van der Waals surface area contributed by atoms with E-state index < -0.39 is 0 Å². The lowest BCUT2D eigenvalue weighted by Gasteiger charge is -2.01. The molecular formula is C10H15N3S. The van der Waals surface area contributed by atoms with Crippen molar-refractivity contribution in [2.45, 2.75) is 33.2 Å². The topological polar surface area (TPSA) is 54.7 Å². The molecule has 0 saturated carbocycles. The second-order valence-corrected chi connectivity index (χ2v) is 4.91. The van der Waals surface area contributed by atoms with Crippen LogP contribution >= 0.6 is 11.3 Å². The number of thiophene rings is 1. The van der Waals surface area contributed by atoms with Gasteiger partial charge >= 0.3 is 0 Å². The molecule has 0 saturated heterocycles. The molecule has 0 fully saturated rings. The van der Waals surface area contributed by atoms with Crippen molar-refractivity contribution in [3.05, 3.63) is 16.1 Å². The van der Waals surface area contributed by atoms with E-state index >= 15 is 0 Å². The molecule has 3 N–H and O–H groups in total. The van der Waals surface area contributed by atoms with Gasteiger partial charge in [0, 0.05) is 22.5 Å². The van der Waals surface area contributed by atoms with Crippen LogP contribution in [0.1, 0.15) is 35.9 Å². The number of H-pyrrole nitrogens is 1. The lowest BCUT2D eigenvalue weighted by molar-refractivity contribution is 0.817. The van der Waals surface area contributed by atoms with Crippen LogP contribution in [0.3, 0.4) is 0 Å². The zero-order valence-electron chi connectivity index (χ0n) is 8.72. The van der Waals surface area contributed by atoms with Crippen molar-refractivity contribution in [1.82, 2.24) is 10.2 Å². The molecule has 3 nitrogen and oxygen atoms in total. The van der Waals surface area contributed by atoms with Crippen LogP contribution in [0.15, 0.2) is 0 Å². The van der Waals surface area contributed by atoms with Crippen LogP contribution < -0.4 is 5.73 Å². The highest BCUT2D eigenvalue weighted by molar-refractivity contribution is 7.18. The molecule has 0 bridgehead atoms. The molecule has 2 aromatic heterocycles. The van der Waals surface area contributed by atoms with Crippen LogP contribution in [0, 0.1) is 6.92 Å². The highest BCUT2D eigenvalue weighted by atomic mass is 32.1. The molecule has 0 aromatic carbocycles. The first-order chi connectivity index (χ1) is 6.65. The lowest BCUT2D eigenvalue weighted by atomic mass is 10.1. The fourth-order valence-electron chi connectivity index (χ4n) is 1.72. The molecule has 76 valence electrons. The maximum Gasteiger partial charge on any atom is 0.146 e. The van der Waals surface area contributed by atoms with Crippen molar-refractivity contribution in [2.24, 2.45) is 5.73 Å². The molecule has 14 heavy (non-hydrogen) atoms. The van der Waals surface area contributed by atoms with Gasteiger partial charge in [-0.05, 0) is 18.4 Å². The molecule has 2 aromatic rings. The monoisotopic (exact) mass is 209 g/mol. The van der Waals surface area contributed by atoms with Crippen LogP contribution in [0.5, 0.6) is 0 Å². The first-order valence-electron chi connectivity index (χ1n) is 4.81. The molecule has 0 atom stereocenters. The number of aryl methyl sites for hydroxylation is 1. The summed E-state index contributed by atoms with van der Waals surface area (Å²) in [6, 6.07) is 0. The third-order valence-electron chi connectivity index (χ3n) is 2.54. The van der Waals surface area contributed by atoms with E-state index in [1.807, 2.05) is 0 Å². The van der Waals surface area contributed by atoms with Crippen LogP contribution in [0.2, 0.25) is 0 Å². The maximum absolute atomic E-state index is 5.67. The SMILES string of the molecule is Cc1c(CN)sc2n[nH]c(C(C)C)c12. The van der Waals surface area contributed by atoms with Gasteiger partial charge in [-0.2, -0.15) is 5.10 Å². The van der Waals surface area contributed by atoms with E-state index in [1.165, 1.54) is 21.5 Å². The second kappa shape index (κ2) is 3.37. The largest absolute Gasteiger partial charge is 0.326 e. The number of aromatic amines is 1. The van der Waals surface area contributed by atoms with Crippen molar-refractivity contribution in [3.8, 4) is 0 Å². The van der Waals surface area contributed by atoms with E-state index in [0.29, 0.717) is 12.5 Å². The fraction of sp³-hybridized carbons (Fsp3) is 0.500. The van der Waals surface area contributed by atoms with E-state index in [-0.39, 0.29) is 0 Å². The molecule has 0 aliphatic heterocycles. The molecule has 0 unspecified atom stereocenters. The summed E-state index contributed by atoms with van der Waals surface area (Å²) in [4.78, 5) is 2.34. The Morgan fingerprint density at radius 2 is 2.21 bits per heavy atom. The van der Waals surface area contributed by atoms with Crippen molar-refractivity contribution in [1.29, 1.82) is 0 Å². The Morgan fingerprint density at radius 1 is 1.50 bits per heavy atom. The van der Waals surface area contributed by atoms with Gasteiger partial charge in [0.2, 0.25) is 0 Å². The minimum Gasteiger partial charge on any atom is -0.326 e. The number of aromatic nitrogens is 2. The molecule has 0 aliphatic rings. The summed E-state index contributed by atoms with van der Waals surface area (Å²) >= 11 is 1.69. The Balaban J connectivity index is 2.70. The van der Waals surface area contributed by atoms with Gasteiger partial charge in [0.05, 0.1) is 0 Å². The van der Waals surface area contributed by atoms with Gasteiger partial charge < -0.3 is 5.73 Å². The van der Waals surface area contributed by atoms with Gasteiger partial charge in [-0.1, -0.05) is 13.8 Å². The lowest BCUT2D eigenvalue weighted by Crippen LogP contribution is -1.95. The summed E-state index contributed by atoms with van der Waals surface area (Å²) in [5, 5.41) is 8.70. The first kappa shape index (κ1) is 9.68. The van der Waals surface area contributed by atoms with E-state index in [9.17, 15) is 0 Å². The predicted octanol–water partition coefficient (Wildman–Crippen LogP) is 2.51. The van der Waals surface area contributed by atoms with Crippen LogP contribution in [-0.4, -0.2) is 10.2 Å². The zero-order chi connectivity index (χ0) is 10.3. The third kappa shape index (κ3) is 1.26. The van der Waals surface area contributed by atoms with E-state index in [4.69, 9.17) is 5.73 Å². The number of hydrogen-bond acceptors (Lipinski definition) is 3. The average Bonchev–Trinajstić information content (AvgIpc) is 2.66. The number of hydrogen-bond donors (Lipinski definition) is 2. The highest BCUT2D eigenvalue weighted by Crippen LogP contribution is 2.33. The normalized spacial score (nSPS) is 11.8. The Hall–Kier alpha value is -0.870. The number of fused-ring (bicyclic) bond motifs is 1. The highest BCUT2D eigenvalue weighted by Gasteiger charge is 2.15. The van der Waals surface area contributed by atoms with Crippen molar-refractivity contribution in [2.75, 3.05) is 0 Å². The Morgan fingerprint density at radius 3 is 2.79 bits per heavy atom. The van der Waals surface area contributed by atoms with Crippen LogP contribution in [0.25, 0.3) is 10.2 Å². The Labute approximate surface area is 87.3 Å². The summed E-state index contributed by atoms with van der Waals surface area (Å²) in [7, 11) is 0. The molecule has 4 heteroatoms. The van der Waals surface area contributed by atoms with E-state index in [1.54, 1.807) is 11.3 Å². The number of nitrogens with two attached hydrogens (primary N) is 1. The Bertz CT molecular complexity index is 453. The van der Waals surface area contributed by atoms with Gasteiger partial charge in [0.15, 0.2) is 0 Å². The Kier molecular flexibility index (Phi) is 2.33. The standard InChI is InChI=1S/C10H15N3S/c1-5(2)9-8-6(3)7(4-11)14-10(8)13-12-9/h5H,4,11H2,1-3H3,(H,12,13). The summed E-state index contributed by atoms with van der Waals surface area (Å²) in [6.45, 7) is 7.09. The average molecular weight is 209 g/mol. The number of rotatable bonds is 2. The van der Waals surface area contributed by atoms with E-state index in [0.717, 1.165) is 4.83 Å². The summed E-state index contributed by atoms with van der Waals surface area (Å²) in [5.41, 5.74) is 8.20. The summed E-state index contributed by atoms with van der Waals surface area (Å²) in [5.74, 6) is 0.485. The molecule has 2 rings (SSSR count). The molecule has 0 spiro atoms. The predicted molar refractivity (Wildman–Crippen MR) is 60.7 cm³/mol. The van der Waals surface area contributed by atoms with Gasteiger partial charge in [-0.25, -0.2) is 0 Å². The van der Waals surface area contributed by atoms with Crippen molar-refractivity contribution >= 4 is 21.6 Å². The number of nitrogens with zero attached hydrogens (tertiary/aromatic N) is 1. The van der Waals surface area contributed by atoms with Gasteiger partial charge in [-0.3, -0.25) is 5.10 Å². The fourth-order valence-corrected chi connectivity index (χ4v) is 2.75. The summed E-state index contributed by atoms with van der Waals surface area (Å²) < 4.78 is 0. The maximum atomic E-state index is 5.67. The molecule has 0 radical (unpaired) electrons. The van der Waals surface area contributed by atoms with Gasteiger partial charge in [0.1, 0.15) is 4.83 Å². The quantitative estimate of drug-likeness (QED) is 0.798. The molecular weight excluding hydrogens is 194 g/mol. The minimum absolute atomic E-state index is 0.485. The summed E-state index contributed by atoms with van der Waals surface area (Å²) in [6.07, 6.45) is 0. The molecule has 0 amide bonds. The van der Waals surface area contributed by atoms with Crippen LogP contribution in [0.4, 0.5) is 0 Å². The van der Waals surface area contributed by atoms with Gasteiger partial charge in [-0.15, -0.1) is 11.3 Å². The smallest absolute Gasteiger partial charge is 0.146 e. The molecule has 2 heterocycles. The number of nitrogens with one attached hydrogen (secondary N) is 1. The van der Waals surface area contributed by atoms with E-state index in [2.05, 4.69) is 31.0 Å². The van der Waals surface area contributed by atoms with Gasteiger partial charge in [0.25, 0.3) is 0 Å². The third-order valence-corrected chi connectivity index (χ3v) is 3.74.